The minimum Gasteiger partial charge on any atom is -0.481 e. The van der Waals surface area contributed by atoms with Gasteiger partial charge in [-0.15, -0.1) is 0 Å². The molecule has 126 valence electrons. The zero-order valence-corrected chi connectivity index (χ0v) is 12.5. The van der Waals surface area contributed by atoms with Crippen LogP contribution in [0.4, 0.5) is 0 Å². The Kier molecular flexibility index (Phi) is 9.00. The van der Waals surface area contributed by atoms with Crippen LogP contribution in [-0.4, -0.2) is 44.8 Å². The Morgan fingerprint density at radius 3 is 2.00 bits per heavy atom. The van der Waals surface area contributed by atoms with Gasteiger partial charge in [0.25, 0.3) is 0 Å². The number of ether oxygens (including phenoxy) is 1. The molecule has 3 N–H and O–H groups in total. The SMILES string of the molecule is CCCCCCCC(=O)OC(=O)CC(O)(CC(=O)O)C(=O)O. The molecular weight excluding hydrogens is 296 g/mol. The molecule has 1 atom stereocenters. The van der Waals surface area contributed by atoms with E-state index in [2.05, 4.69) is 4.74 Å². The van der Waals surface area contributed by atoms with E-state index >= 15 is 0 Å². The number of aliphatic hydroxyl groups is 1. The van der Waals surface area contributed by atoms with Crippen LogP contribution in [0.15, 0.2) is 0 Å². The first kappa shape index (κ1) is 20.0. The highest BCUT2D eigenvalue weighted by molar-refractivity contribution is 5.92. The summed E-state index contributed by atoms with van der Waals surface area (Å²) in [5.41, 5.74) is -2.79. The van der Waals surface area contributed by atoms with Crippen molar-refractivity contribution in [2.75, 3.05) is 0 Å². The fourth-order valence-electron chi connectivity index (χ4n) is 1.79. The molecule has 0 saturated carbocycles. The average molecular weight is 318 g/mol. The van der Waals surface area contributed by atoms with E-state index in [0.29, 0.717) is 6.42 Å². The van der Waals surface area contributed by atoms with Crippen molar-refractivity contribution in [3.05, 3.63) is 0 Å². The topological polar surface area (TPSA) is 138 Å². The summed E-state index contributed by atoms with van der Waals surface area (Å²) in [6, 6.07) is 0. The molecule has 0 amide bonds. The Morgan fingerprint density at radius 2 is 1.50 bits per heavy atom. The molecule has 0 aromatic carbocycles. The highest BCUT2D eigenvalue weighted by Crippen LogP contribution is 2.17. The first-order chi connectivity index (χ1) is 10.2. The summed E-state index contributed by atoms with van der Waals surface area (Å²) < 4.78 is 4.39. The predicted octanol–water partition coefficient (Wildman–Crippen LogP) is 1.10. The fraction of sp³-hybridized carbons (Fsp3) is 0.714. The summed E-state index contributed by atoms with van der Waals surface area (Å²) in [4.78, 5) is 44.2. The molecule has 0 spiro atoms. The summed E-state index contributed by atoms with van der Waals surface area (Å²) in [6.45, 7) is 2.05. The van der Waals surface area contributed by atoms with Crippen molar-refractivity contribution < 1.29 is 39.2 Å². The van der Waals surface area contributed by atoms with Gasteiger partial charge in [0.15, 0.2) is 5.60 Å². The molecule has 0 aliphatic carbocycles. The van der Waals surface area contributed by atoms with Gasteiger partial charge in [-0.1, -0.05) is 32.6 Å². The molecule has 0 saturated heterocycles. The van der Waals surface area contributed by atoms with E-state index in [1.807, 2.05) is 6.92 Å². The lowest BCUT2D eigenvalue weighted by Crippen LogP contribution is -2.43. The third kappa shape index (κ3) is 8.35. The molecule has 0 aromatic rings. The number of carboxylic acids is 2. The van der Waals surface area contributed by atoms with Gasteiger partial charge in [0.2, 0.25) is 0 Å². The van der Waals surface area contributed by atoms with E-state index in [9.17, 15) is 24.3 Å². The maximum atomic E-state index is 11.4. The van der Waals surface area contributed by atoms with Crippen molar-refractivity contribution in [2.45, 2.75) is 63.9 Å². The lowest BCUT2D eigenvalue weighted by molar-refractivity contribution is -0.174. The van der Waals surface area contributed by atoms with Crippen LogP contribution >= 0.6 is 0 Å². The Hall–Kier alpha value is -1.96. The molecule has 1 unspecified atom stereocenters. The van der Waals surface area contributed by atoms with Crippen molar-refractivity contribution in [3.63, 3.8) is 0 Å². The van der Waals surface area contributed by atoms with Gasteiger partial charge in [0.05, 0.1) is 12.8 Å². The number of esters is 2. The van der Waals surface area contributed by atoms with E-state index < -0.39 is 42.3 Å². The van der Waals surface area contributed by atoms with Crippen molar-refractivity contribution >= 4 is 23.9 Å². The van der Waals surface area contributed by atoms with Crippen LogP contribution in [0.2, 0.25) is 0 Å². The fourth-order valence-corrected chi connectivity index (χ4v) is 1.79. The van der Waals surface area contributed by atoms with Crippen LogP contribution in [0, 0.1) is 0 Å². The second-order valence-corrected chi connectivity index (χ2v) is 5.09. The quantitative estimate of drug-likeness (QED) is 0.292. The highest BCUT2D eigenvalue weighted by atomic mass is 16.6. The number of aliphatic carboxylic acids is 2. The summed E-state index contributed by atoms with van der Waals surface area (Å²) in [5, 5.41) is 26.9. The van der Waals surface area contributed by atoms with Gasteiger partial charge in [0, 0.05) is 6.42 Å². The summed E-state index contributed by atoms with van der Waals surface area (Å²) in [7, 11) is 0. The highest BCUT2D eigenvalue weighted by Gasteiger charge is 2.41. The first-order valence-electron chi connectivity index (χ1n) is 7.12. The van der Waals surface area contributed by atoms with Gasteiger partial charge in [0.1, 0.15) is 0 Å². The van der Waals surface area contributed by atoms with Crippen molar-refractivity contribution in [2.24, 2.45) is 0 Å². The van der Waals surface area contributed by atoms with Gasteiger partial charge >= 0.3 is 23.9 Å². The Morgan fingerprint density at radius 1 is 0.909 bits per heavy atom. The third-order valence-electron chi connectivity index (χ3n) is 2.99. The molecule has 0 rings (SSSR count). The number of carbonyl (C=O) groups excluding carboxylic acids is 2. The van der Waals surface area contributed by atoms with Gasteiger partial charge < -0.3 is 20.1 Å². The first-order valence-corrected chi connectivity index (χ1v) is 7.12. The Labute approximate surface area is 128 Å². The Balaban J connectivity index is 4.26. The molecule has 0 bridgehead atoms. The van der Waals surface area contributed by atoms with E-state index in [4.69, 9.17) is 10.2 Å². The molecule has 0 radical (unpaired) electrons. The molecule has 0 aliphatic rings. The second kappa shape index (κ2) is 9.88. The smallest absolute Gasteiger partial charge is 0.336 e. The van der Waals surface area contributed by atoms with E-state index in [1.165, 1.54) is 0 Å². The predicted molar refractivity (Wildman–Crippen MR) is 73.9 cm³/mol. The normalized spacial score (nSPS) is 13.2. The number of carbonyl (C=O) groups is 4. The third-order valence-corrected chi connectivity index (χ3v) is 2.99. The van der Waals surface area contributed by atoms with Crippen LogP contribution in [0.3, 0.4) is 0 Å². The van der Waals surface area contributed by atoms with Crippen LogP contribution in [0.1, 0.15) is 58.3 Å². The van der Waals surface area contributed by atoms with Crippen molar-refractivity contribution in [3.8, 4) is 0 Å². The molecule has 0 fully saturated rings. The summed E-state index contributed by atoms with van der Waals surface area (Å²) >= 11 is 0. The molecule has 0 aromatic heterocycles. The van der Waals surface area contributed by atoms with Crippen molar-refractivity contribution in [1.82, 2.24) is 0 Å². The minimum absolute atomic E-state index is 0.0138. The second-order valence-electron chi connectivity index (χ2n) is 5.09. The standard InChI is InChI=1S/C14H22O8/c1-2-3-4-5-6-7-11(17)22-12(18)9-14(21,13(19)20)8-10(15)16/h21H,2-9H2,1H3,(H,15,16)(H,19,20). The zero-order valence-electron chi connectivity index (χ0n) is 12.5. The lowest BCUT2D eigenvalue weighted by atomic mass is 9.96. The summed E-state index contributed by atoms with van der Waals surface area (Å²) in [5.74, 6) is -5.52. The molecule has 0 aliphatic heterocycles. The van der Waals surface area contributed by atoms with Gasteiger partial charge in [-0.05, 0) is 6.42 Å². The number of hydrogen-bond donors (Lipinski definition) is 3. The lowest BCUT2D eigenvalue weighted by Gasteiger charge is -2.19. The monoisotopic (exact) mass is 318 g/mol. The maximum absolute atomic E-state index is 11.4. The van der Waals surface area contributed by atoms with E-state index in [0.717, 1.165) is 25.7 Å². The van der Waals surface area contributed by atoms with Crippen LogP contribution in [0.25, 0.3) is 0 Å². The van der Waals surface area contributed by atoms with Crippen LogP contribution in [0.5, 0.6) is 0 Å². The maximum Gasteiger partial charge on any atom is 0.336 e. The van der Waals surface area contributed by atoms with Gasteiger partial charge in [-0.3, -0.25) is 14.4 Å². The number of carboxylic acid groups (broad SMARTS) is 2. The molecular formula is C14H22O8. The Bertz CT molecular complexity index is 417. The van der Waals surface area contributed by atoms with Crippen LogP contribution < -0.4 is 0 Å². The largest absolute Gasteiger partial charge is 0.481 e. The molecule has 8 heteroatoms. The zero-order chi connectivity index (χ0) is 17.2. The average Bonchev–Trinajstić information content (AvgIpc) is 2.36. The minimum atomic E-state index is -2.79. The van der Waals surface area contributed by atoms with Crippen LogP contribution in [-0.2, 0) is 23.9 Å². The van der Waals surface area contributed by atoms with E-state index in [1.54, 1.807) is 0 Å². The number of rotatable bonds is 11. The molecule has 22 heavy (non-hydrogen) atoms. The van der Waals surface area contributed by atoms with Gasteiger partial charge in [-0.2, -0.15) is 0 Å². The number of unbranched alkanes of at least 4 members (excludes halogenated alkanes) is 4. The number of hydrogen-bond acceptors (Lipinski definition) is 6. The molecule has 8 nitrogen and oxygen atoms in total. The van der Waals surface area contributed by atoms with Crippen molar-refractivity contribution in [1.29, 1.82) is 0 Å². The summed E-state index contributed by atoms with van der Waals surface area (Å²) in [6.07, 6.45) is 2.18. The molecule has 0 heterocycles. The van der Waals surface area contributed by atoms with E-state index in [-0.39, 0.29) is 6.42 Å². The van der Waals surface area contributed by atoms with Gasteiger partial charge in [-0.25, -0.2) is 4.79 Å².